The van der Waals surface area contributed by atoms with Crippen molar-refractivity contribution in [2.75, 3.05) is 25.6 Å². The quantitative estimate of drug-likeness (QED) is 0.405. The first-order valence-electron chi connectivity index (χ1n) is 8.91. The number of hydrogen-bond donors (Lipinski definition) is 0. The molecule has 6 heteroatoms. The monoisotopic (exact) mass is 362 g/mol. The largest absolute Gasteiger partial charge is 0.500 e. The lowest BCUT2D eigenvalue weighted by Crippen LogP contribution is -2.46. The summed E-state index contributed by atoms with van der Waals surface area (Å²) in [5.74, 6) is 1.45. The van der Waals surface area contributed by atoms with Crippen LogP contribution < -0.4 is 0 Å². The van der Waals surface area contributed by atoms with E-state index in [4.69, 9.17) is 13.3 Å². The van der Waals surface area contributed by atoms with E-state index in [1.807, 2.05) is 32.5 Å². The third-order valence-electron chi connectivity index (χ3n) is 3.98. The number of hydrogen-bond acceptors (Lipinski definition) is 5. The van der Waals surface area contributed by atoms with Crippen molar-refractivity contribution in [2.24, 2.45) is 5.41 Å². The lowest BCUT2D eigenvalue weighted by Gasteiger charge is -2.34. The molecule has 1 aliphatic carbocycles. The zero-order chi connectivity index (χ0) is 17.3. The predicted molar refractivity (Wildman–Crippen MR) is 98.9 cm³/mol. The molecular weight excluding hydrogens is 328 g/mol. The molecule has 0 bridgehead atoms. The second kappa shape index (κ2) is 10.2. The van der Waals surface area contributed by atoms with E-state index in [1.165, 1.54) is 0 Å². The second-order valence-corrected chi connectivity index (χ2v) is 11.0. The molecule has 0 heterocycles. The van der Waals surface area contributed by atoms with Gasteiger partial charge in [-0.15, -0.1) is 0 Å². The fourth-order valence-corrected chi connectivity index (χ4v) is 7.66. The first-order chi connectivity index (χ1) is 10.9. The molecule has 0 radical (unpaired) electrons. The van der Waals surface area contributed by atoms with Crippen molar-refractivity contribution in [3.63, 3.8) is 0 Å². The van der Waals surface area contributed by atoms with E-state index >= 15 is 0 Å². The topological polar surface area (TPSA) is 44.8 Å². The summed E-state index contributed by atoms with van der Waals surface area (Å²) in [6, 6.07) is 0.861. The van der Waals surface area contributed by atoms with Gasteiger partial charge in [-0.25, -0.2) is 0 Å². The summed E-state index contributed by atoms with van der Waals surface area (Å²) in [5.41, 5.74) is 0.160. The maximum absolute atomic E-state index is 11.9. The Kier molecular flexibility index (Phi) is 9.37. The smallest absolute Gasteiger partial charge is 0.374 e. The minimum Gasteiger partial charge on any atom is -0.374 e. The summed E-state index contributed by atoms with van der Waals surface area (Å²) >= 11 is 1.93. The van der Waals surface area contributed by atoms with E-state index in [2.05, 4.69) is 13.8 Å². The van der Waals surface area contributed by atoms with Gasteiger partial charge < -0.3 is 13.3 Å². The molecule has 0 aromatic heterocycles. The molecule has 0 aromatic rings. The first-order valence-corrected chi connectivity index (χ1v) is 11.9. The molecule has 1 aliphatic rings. The van der Waals surface area contributed by atoms with Crippen LogP contribution in [0.1, 0.15) is 60.3 Å². The van der Waals surface area contributed by atoms with Crippen LogP contribution >= 0.6 is 11.8 Å². The number of ketones is 1. The van der Waals surface area contributed by atoms with Crippen LogP contribution in [0.2, 0.25) is 6.04 Å². The van der Waals surface area contributed by atoms with Crippen molar-refractivity contribution in [1.29, 1.82) is 0 Å². The summed E-state index contributed by atoms with van der Waals surface area (Å²) in [6.07, 6.45) is 3.62. The van der Waals surface area contributed by atoms with Crippen LogP contribution in [0.4, 0.5) is 0 Å². The van der Waals surface area contributed by atoms with Crippen LogP contribution in [-0.4, -0.2) is 45.4 Å². The molecule has 0 N–H and O–H groups in total. The van der Waals surface area contributed by atoms with Crippen molar-refractivity contribution in [3.05, 3.63) is 0 Å². The number of carbonyl (C=O) groups is 1. The van der Waals surface area contributed by atoms with Crippen molar-refractivity contribution in [3.8, 4) is 0 Å². The molecule has 1 atom stereocenters. The number of carbonyl (C=O) groups excluding carboxylic acids is 1. The maximum atomic E-state index is 11.9. The molecular formula is C17H34O4SSi. The van der Waals surface area contributed by atoms with Crippen LogP contribution in [0.3, 0.4) is 0 Å². The van der Waals surface area contributed by atoms with Gasteiger partial charge in [0.05, 0.1) is 0 Å². The van der Waals surface area contributed by atoms with E-state index in [0.29, 0.717) is 30.9 Å². The molecule has 0 aromatic carbocycles. The van der Waals surface area contributed by atoms with Crippen LogP contribution in [0, 0.1) is 5.41 Å². The molecule has 1 fully saturated rings. The molecule has 1 unspecified atom stereocenters. The maximum Gasteiger partial charge on any atom is 0.500 e. The fraction of sp³-hybridized carbons (Fsp3) is 0.941. The molecule has 0 spiro atoms. The predicted octanol–water partition coefficient (Wildman–Crippen LogP) is 4.31. The highest BCUT2D eigenvalue weighted by atomic mass is 32.2. The van der Waals surface area contributed by atoms with Gasteiger partial charge in [0.2, 0.25) is 0 Å². The zero-order valence-electron chi connectivity index (χ0n) is 15.5. The van der Waals surface area contributed by atoms with E-state index in [0.717, 1.165) is 37.5 Å². The molecule has 0 amide bonds. The highest BCUT2D eigenvalue weighted by Gasteiger charge is 2.40. The van der Waals surface area contributed by atoms with E-state index < -0.39 is 8.80 Å². The van der Waals surface area contributed by atoms with Gasteiger partial charge >= 0.3 is 8.80 Å². The van der Waals surface area contributed by atoms with Gasteiger partial charge in [0, 0.05) is 44.0 Å². The molecule has 136 valence electrons. The summed E-state index contributed by atoms with van der Waals surface area (Å²) in [4.78, 5) is 11.9. The molecule has 0 aliphatic heterocycles. The average molecular weight is 363 g/mol. The zero-order valence-corrected chi connectivity index (χ0v) is 17.3. The van der Waals surface area contributed by atoms with Gasteiger partial charge in [0.1, 0.15) is 5.78 Å². The third kappa shape index (κ3) is 7.69. The molecule has 1 saturated carbocycles. The Bertz CT molecular complexity index is 345. The van der Waals surface area contributed by atoms with Gasteiger partial charge in [0.25, 0.3) is 0 Å². The fourth-order valence-electron chi connectivity index (χ4n) is 3.28. The van der Waals surface area contributed by atoms with E-state index in [9.17, 15) is 4.79 Å². The standard InChI is InChI=1S/C17H34O4SSi/c1-6-19-23(20-7-2,21-8-3)11-9-10-22-16-12-15(18)13-17(4,5)14-16/h16H,6-14H2,1-5H3. The van der Waals surface area contributed by atoms with Crippen molar-refractivity contribution >= 4 is 26.3 Å². The van der Waals surface area contributed by atoms with Crippen molar-refractivity contribution in [1.82, 2.24) is 0 Å². The first kappa shape index (κ1) is 21.2. The van der Waals surface area contributed by atoms with Gasteiger partial charge in [-0.05, 0) is 44.8 Å². The highest BCUT2D eigenvalue weighted by Crippen LogP contribution is 2.39. The average Bonchev–Trinajstić information content (AvgIpc) is 2.42. The van der Waals surface area contributed by atoms with Gasteiger partial charge in [0.15, 0.2) is 0 Å². The van der Waals surface area contributed by atoms with Gasteiger partial charge in [-0.2, -0.15) is 11.8 Å². The lowest BCUT2D eigenvalue weighted by molar-refractivity contribution is -0.122. The minimum absolute atomic E-state index is 0.160. The summed E-state index contributed by atoms with van der Waals surface area (Å²) in [5, 5.41) is 0.466. The number of rotatable bonds is 11. The normalized spacial score (nSPS) is 21.6. The van der Waals surface area contributed by atoms with Gasteiger partial charge in [-0.1, -0.05) is 13.8 Å². The Hall–Kier alpha value is 0.117. The highest BCUT2D eigenvalue weighted by molar-refractivity contribution is 7.99. The SMILES string of the molecule is CCO[Si](CCCSC1CC(=O)CC(C)(C)C1)(OCC)OCC. The summed E-state index contributed by atoms with van der Waals surface area (Å²) in [6.45, 7) is 12.3. The summed E-state index contributed by atoms with van der Waals surface area (Å²) < 4.78 is 17.7. The minimum atomic E-state index is -2.50. The van der Waals surface area contributed by atoms with E-state index in [-0.39, 0.29) is 5.41 Å². The Morgan fingerprint density at radius 1 is 1.13 bits per heavy atom. The Morgan fingerprint density at radius 3 is 2.17 bits per heavy atom. The summed E-state index contributed by atoms with van der Waals surface area (Å²) in [7, 11) is -2.50. The Morgan fingerprint density at radius 2 is 1.70 bits per heavy atom. The molecule has 0 saturated heterocycles. The molecule has 23 heavy (non-hydrogen) atoms. The lowest BCUT2D eigenvalue weighted by atomic mass is 9.77. The Labute approximate surface area is 147 Å². The number of thioether (sulfide) groups is 1. The second-order valence-electron chi connectivity index (χ2n) is 6.87. The van der Waals surface area contributed by atoms with Crippen molar-refractivity contribution < 1.29 is 18.1 Å². The Balaban J connectivity index is 2.42. The van der Waals surface area contributed by atoms with E-state index in [1.54, 1.807) is 0 Å². The van der Waals surface area contributed by atoms with Crippen LogP contribution in [0.15, 0.2) is 0 Å². The van der Waals surface area contributed by atoms with Gasteiger partial charge in [-0.3, -0.25) is 4.79 Å². The molecule has 4 nitrogen and oxygen atoms in total. The third-order valence-corrected chi connectivity index (χ3v) is 8.47. The molecule has 1 rings (SSSR count). The number of Topliss-reactive ketones (excluding diaryl/α,β-unsaturated/α-hetero) is 1. The van der Waals surface area contributed by atoms with Crippen LogP contribution in [0.25, 0.3) is 0 Å². The van der Waals surface area contributed by atoms with Crippen LogP contribution in [-0.2, 0) is 18.1 Å². The van der Waals surface area contributed by atoms with Crippen LogP contribution in [0.5, 0.6) is 0 Å². The van der Waals surface area contributed by atoms with Crippen molar-refractivity contribution in [2.45, 2.75) is 71.6 Å².